The number of fused-ring (bicyclic) bond motifs is 1. The Balaban J connectivity index is 1.87. The van der Waals surface area contributed by atoms with Crippen LogP contribution in [0.25, 0.3) is 10.9 Å². The van der Waals surface area contributed by atoms with Gasteiger partial charge in [0.25, 0.3) is 0 Å². The maximum Gasteiger partial charge on any atom is 0.219 e. The molecule has 0 spiro atoms. The topological polar surface area (TPSA) is 55.2 Å². The maximum atomic E-state index is 8.95. The summed E-state index contributed by atoms with van der Waals surface area (Å²) in [6.45, 7) is -0.0230. The zero-order chi connectivity index (χ0) is 13.1. The fourth-order valence-corrected chi connectivity index (χ4v) is 1.79. The molecule has 0 aliphatic heterocycles. The Morgan fingerprint density at radius 3 is 2.68 bits per heavy atom. The van der Waals surface area contributed by atoms with Crippen LogP contribution in [0.2, 0.25) is 0 Å². The molecule has 0 bridgehead atoms. The van der Waals surface area contributed by atoms with Crippen molar-refractivity contribution in [3.63, 3.8) is 0 Å². The Bertz CT molecular complexity index is 696. The third-order valence-corrected chi connectivity index (χ3v) is 2.77. The van der Waals surface area contributed by atoms with E-state index in [1.54, 1.807) is 24.5 Å². The van der Waals surface area contributed by atoms with E-state index in [-0.39, 0.29) is 6.61 Å². The number of rotatable bonds is 3. The zero-order valence-electron chi connectivity index (χ0n) is 10.2. The highest BCUT2D eigenvalue weighted by molar-refractivity contribution is 5.79. The summed E-state index contributed by atoms with van der Waals surface area (Å²) in [5.41, 5.74) is 1.68. The first-order chi connectivity index (χ1) is 9.35. The maximum absolute atomic E-state index is 8.95. The Hall–Kier alpha value is -2.46. The number of hydrogen-bond acceptors (Lipinski definition) is 4. The van der Waals surface area contributed by atoms with Crippen LogP contribution in [0.5, 0.6) is 11.6 Å². The summed E-state index contributed by atoms with van der Waals surface area (Å²) in [6, 6.07) is 13.3. The molecule has 0 aliphatic rings. The normalized spacial score (nSPS) is 10.6. The van der Waals surface area contributed by atoms with Crippen molar-refractivity contribution in [3.05, 3.63) is 60.4 Å². The van der Waals surface area contributed by atoms with Crippen molar-refractivity contribution in [2.45, 2.75) is 6.61 Å². The van der Waals surface area contributed by atoms with Gasteiger partial charge < -0.3 is 9.84 Å². The van der Waals surface area contributed by atoms with Gasteiger partial charge in [0.2, 0.25) is 5.88 Å². The smallest absolute Gasteiger partial charge is 0.219 e. The van der Waals surface area contributed by atoms with E-state index < -0.39 is 0 Å². The van der Waals surface area contributed by atoms with E-state index in [4.69, 9.17) is 9.84 Å². The van der Waals surface area contributed by atoms with Gasteiger partial charge in [-0.25, -0.2) is 4.98 Å². The van der Waals surface area contributed by atoms with Gasteiger partial charge >= 0.3 is 0 Å². The van der Waals surface area contributed by atoms with Crippen LogP contribution in [0.4, 0.5) is 0 Å². The molecule has 0 amide bonds. The van der Waals surface area contributed by atoms with E-state index in [2.05, 4.69) is 9.97 Å². The summed E-state index contributed by atoms with van der Waals surface area (Å²) in [6.07, 6.45) is 3.26. The molecule has 0 aliphatic carbocycles. The molecular formula is C15H12N2O2. The quantitative estimate of drug-likeness (QED) is 0.778. The third kappa shape index (κ3) is 2.53. The minimum atomic E-state index is -0.0230. The molecule has 1 aromatic carbocycles. The highest BCUT2D eigenvalue weighted by atomic mass is 16.5. The average molecular weight is 252 g/mol. The summed E-state index contributed by atoms with van der Waals surface area (Å²) < 4.78 is 5.63. The lowest BCUT2D eigenvalue weighted by Crippen LogP contribution is -1.91. The number of pyridine rings is 2. The van der Waals surface area contributed by atoms with Gasteiger partial charge in [0.05, 0.1) is 18.3 Å². The molecule has 2 aromatic heterocycles. The van der Waals surface area contributed by atoms with Gasteiger partial charge in [-0.1, -0.05) is 18.2 Å². The molecule has 0 radical (unpaired) electrons. The van der Waals surface area contributed by atoms with Crippen molar-refractivity contribution in [1.29, 1.82) is 0 Å². The third-order valence-electron chi connectivity index (χ3n) is 2.77. The van der Waals surface area contributed by atoms with E-state index in [0.29, 0.717) is 11.6 Å². The second kappa shape index (κ2) is 5.04. The van der Waals surface area contributed by atoms with Gasteiger partial charge in [-0.3, -0.25) is 4.98 Å². The van der Waals surface area contributed by atoms with Crippen molar-refractivity contribution in [3.8, 4) is 11.6 Å². The predicted molar refractivity (Wildman–Crippen MR) is 72.0 cm³/mol. The van der Waals surface area contributed by atoms with E-state index in [1.807, 2.05) is 30.3 Å². The summed E-state index contributed by atoms with van der Waals surface area (Å²) >= 11 is 0. The van der Waals surface area contributed by atoms with E-state index in [1.165, 1.54) is 0 Å². The van der Waals surface area contributed by atoms with Crippen LogP contribution in [0.1, 0.15) is 5.56 Å². The van der Waals surface area contributed by atoms with Crippen LogP contribution in [-0.4, -0.2) is 15.1 Å². The Kier molecular flexibility index (Phi) is 3.08. The molecule has 4 nitrogen and oxygen atoms in total. The van der Waals surface area contributed by atoms with Crippen LogP contribution in [0.15, 0.2) is 54.9 Å². The molecule has 0 saturated carbocycles. The highest BCUT2D eigenvalue weighted by Crippen LogP contribution is 2.22. The first-order valence-corrected chi connectivity index (χ1v) is 5.93. The lowest BCUT2D eigenvalue weighted by Gasteiger charge is -2.05. The van der Waals surface area contributed by atoms with Gasteiger partial charge in [0, 0.05) is 17.6 Å². The number of aromatic nitrogens is 2. The number of benzene rings is 1. The molecule has 3 rings (SSSR count). The van der Waals surface area contributed by atoms with Crippen LogP contribution in [-0.2, 0) is 6.61 Å². The van der Waals surface area contributed by atoms with Crippen LogP contribution < -0.4 is 4.74 Å². The second-order valence-corrected chi connectivity index (χ2v) is 4.13. The molecular weight excluding hydrogens is 240 g/mol. The molecule has 19 heavy (non-hydrogen) atoms. The Labute approximate surface area is 110 Å². The van der Waals surface area contributed by atoms with Gasteiger partial charge in [-0.15, -0.1) is 0 Å². The number of aliphatic hydroxyl groups excluding tert-OH is 1. The number of para-hydroxylation sites is 1. The molecule has 3 aromatic rings. The summed E-state index contributed by atoms with van der Waals surface area (Å²) in [4.78, 5) is 8.43. The van der Waals surface area contributed by atoms with Gasteiger partial charge in [-0.05, 0) is 23.8 Å². The lowest BCUT2D eigenvalue weighted by molar-refractivity contribution is 0.281. The first-order valence-electron chi connectivity index (χ1n) is 5.93. The highest BCUT2D eigenvalue weighted by Gasteiger charge is 2.01. The van der Waals surface area contributed by atoms with Gasteiger partial charge in [-0.2, -0.15) is 0 Å². The van der Waals surface area contributed by atoms with Crippen LogP contribution in [0.3, 0.4) is 0 Å². The molecule has 0 fully saturated rings. The molecule has 2 heterocycles. The fraction of sp³-hybridized carbons (Fsp3) is 0.0667. The van der Waals surface area contributed by atoms with Crippen LogP contribution >= 0.6 is 0 Å². The zero-order valence-corrected chi connectivity index (χ0v) is 10.2. The number of nitrogens with zero attached hydrogens (tertiary/aromatic N) is 2. The van der Waals surface area contributed by atoms with Gasteiger partial charge in [0.15, 0.2) is 0 Å². The average Bonchev–Trinajstić information content (AvgIpc) is 2.48. The first kappa shape index (κ1) is 11.6. The molecule has 0 saturated heterocycles. The van der Waals surface area contributed by atoms with Crippen molar-refractivity contribution in [2.75, 3.05) is 0 Å². The number of hydrogen-bond donors (Lipinski definition) is 1. The predicted octanol–water partition coefficient (Wildman–Crippen LogP) is 2.91. The van der Waals surface area contributed by atoms with Crippen molar-refractivity contribution in [2.24, 2.45) is 0 Å². The SMILES string of the molecule is OCc1ccc(Oc2cnc3ccccc3c2)nc1. The number of aliphatic hydroxyl groups is 1. The molecule has 94 valence electrons. The largest absolute Gasteiger partial charge is 0.437 e. The van der Waals surface area contributed by atoms with E-state index in [9.17, 15) is 0 Å². The summed E-state index contributed by atoms with van der Waals surface area (Å²) in [5.74, 6) is 1.12. The molecule has 4 heteroatoms. The minimum Gasteiger partial charge on any atom is -0.437 e. The molecule has 0 atom stereocenters. The van der Waals surface area contributed by atoms with E-state index in [0.717, 1.165) is 16.5 Å². The minimum absolute atomic E-state index is 0.0230. The van der Waals surface area contributed by atoms with Crippen molar-refractivity contribution in [1.82, 2.24) is 9.97 Å². The van der Waals surface area contributed by atoms with E-state index >= 15 is 0 Å². The Morgan fingerprint density at radius 1 is 1.00 bits per heavy atom. The van der Waals surface area contributed by atoms with Gasteiger partial charge in [0.1, 0.15) is 5.75 Å². The lowest BCUT2D eigenvalue weighted by atomic mass is 10.2. The number of ether oxygens (including phenoxy) is 1. The van der Waals surface area contributed by atoms with Crippen LogP contribution in [0, 0.1) is 0 Å². The monoisotopic (exact) mass is 252 g/mol. The fourth-order valence-electron chi connectivity index (χ4n) is 1.79. The Morgan fingerprint density at radius 2 is 1.89 bits per heavy atom. The summed E-state index contributed by atoms with van der Waals surface area (Å²) in [5, 5.41) is 9.97. The molecule has 0 unspecified atom stereocenters. The summed E-state index contributed by atoms with van der Waals surface area (Å²) in [7, 11) is 0. The van der Waals surface area contributed by atoms with Crippen molar-refractivity contribution >= 4 is 10.9 Å². The molecule has 1 N–H and O–H groups in total. The second-order valence-electron chi connectivity index (χ2n) is 4.13. The standard InChI is InChI=1S/C15H12N2O2/c18-10-11-5-6-15(17-8-11)19-13-7-12-3-1-2-4-14(12)16-9-13/h1-9,18H,10H2. The van der Waals surface area contributed by atoms with Crippen molar-refractivity contribution < 1.29 is 9.84 Å².